The molecular formula is C20H22N2O5. The van der Waals surface area contributed by atoms with Crippen molar-refractivity contribution in [2.75, 3.05) is 32.2 Å². The van der Waals surface area contributed by atoms with E-state index < -0.39 is 5.97 Å². The van der Waals surface area contributed by atoms with E-state index in [2.05, 4.69) is 10.6 Å². The van der Waals surface area contributed by atoms with E-state index in [1.54, 1.807) is 56.5 Å². The summed E-state index contributed by atoms with van der Waals surface area (Å²) in [6.07, 6.45) is 0. The van der Waals surface area contributed by atoms with Crippen LogP contribution in [0.5, 0.6) is 0 Å². The van der Waals surface area contributed by atoms with Crippen molar-refractivity contribution >= 4 is 23.5 Å². The number of carbonyl (C=O) groups is 3. The highest BCUT2D eigenvalue weighted by Crippen LogP contribution is 2.13. The molecule has 0 radical (unpaired) electrons. The molecule has 0 aliphatic heterocycles. The first-order valence-electron chi connectivity index (χ1n) is 8.51. The molecule has 142 valence electrons. The first-order chi connectivity index (χ1) is 13.0. The fraction of sp³-hybridized carbons (Fsp3) is 0.250. The molecule has 7 nitrogen and oxygen atoms in total. The molecule has 2 aromatic carbocycles. The van der Waals surface area contributed by atoms with Crippen LogP contribution in [0, 0.1) is 0 Å². The van der Waals surface area contributed by atoms with E-state index >= 15 is 0 Å². The minimum atomic E-state index is -0.414. The van der Waals surface area contributed by atoms with Gasteiger partial charge < -0.3 is 20.1 Å². The second-order valence-electron chi connectivity index (χ2n) is 5.58. The van der Waals surface area contributed by atoms with Crippen molar-refractivity contribution in [3.63, 3.8) is 0 Å². The molecule has 0 aliphatic carbocycles. The van der Waals surface area contributed by atoms with Crippen molar-refractivity contribution < 1.29 is 23.9 Å². The molecule has 2 aromatic rings. The molecule has 0 spiro atoms. The van der Waals surface area contributed by atoms with E-state index in [1.807, 2.05) is 0 Å². The van der Waals surface area contributed by atoms with E-state index in [1.165, 1.54) is 6.07 Å². The van der Waals surface area contributed by atoms with Gasteiger partial charge in [0.15, 0.2) is 0 Å². The number of hydrogen-bond donors (Lipinski definition) is 2. The van der Waals surface area contributed by atoms with Gasteiger partial charge in [-0.15, -0.1) is 0 Å². The molecule has 0 heterocycles. The summed E-state index contributed by atoms with van der Waals surface area (Å²) in [5.41, 5.74) is 1.67. The van der Waals surface area contributed by atoms with E-state index in [0.29, 0.717) is 42.1 Å². The molecule has 2 N–H and O–H groups in total. The van der Waals surface area contributed by atoms with Crippen LogP contribution in [0.25, 0.3) is 0 Å². The third-order valence-corrected chi connectivity index (χ3v) is 3.63. The fourth-order valence-corrected chi connectivity index (χ4v) is 2.28. The zero-order chi connectivity index (χ0) is 19.6. The Kier molecular flexibility index (Phi) is 7.51. The molecule has 2 amide bonds. The van der Waals surface area contributed by atoms with Crippen LogP contribution in [0.15, 0.2) is 48.5 Å². The second-order valence-corrected chi connectivity index (χ2v) is 5.58. The van der Waals surface area contributed by atoms with Gasteiger partial charge in [0.05, 0.1) is 18.8 Å². The Balaban J connectivity index is 2.02. The molecule has 7 heteroatoms. The summed E-state index contributed by atoms with van der Waals surface area (Å²) < 4.78 is 9.80. The highest BCUT2D eigenvalue weighted by Gasteiger charge is 2.11. The third-order valence-electron chi connectivity index (χ3n) is 3.63. The highest BCUT2D eigenvalue weighted by atomic mass is 16.5. The van der Waals surface area contributed by atoms with Crippen LogP contribution in [0.4, 0.5) is 5.69 Å². The number of ether oxygens (including phenoxy) is 2. The lowest BCUT2D eigenvalue weighted by atomic mass is 10.1. The normalized spacial score (nSPS) is 10.1. The third kappa shape index (κ3) is 5.93. The van der Waals surface area contributed by atoms with E-state index in [0.717, 1.165) is 0 Å². The van der Waals surface area contributed by atoms with Crippen molar-refractivity contribution in [3.8, 4) is 0 Å². The second kappa shape index (κ2) is 10.1. The first kappa shape index (κ1) is 20.1. The summed E-state index contributed by atoms with van der Waals surface area (Å²) >= 11 is 0. The lowest BCUT2D eigenvalue weighted by Crippen LogP contribution is -2.27. The lowest BCUT2D eigenvalue weighted by Gasteiger charge is -2.08. The summed E-state index contributed by atoms with van der Waals surface area (Å²) in [6.45, 7) is 2.83. The number of benzene rings is 2. The summed E-state index contributed by atoms with van der Waals surface area (Å²) in [6, 6.07) is 12.8. The van der Waals surface area contributed by atoms with Gasteiger partial charge in [0.2, 0.25) is 0 Å². The zero-order valence-electron chi connectivity index (χ0n) is 15.3. The Bertz CT molecular complexity index is 802. The maximum absolute atomic E-state index is 12.4. The Labute approximate surface area is 157 Å². The molecular weight excluding hydrogens is 348 g/mol. The van der Waals surface area contributed by atoms with Gasteiger partial charge in [0.1, 0.15) is 0 Å². The number of amides is 2. The number of rotatable bonds is 8. The first-order valence-corrected chi connectivity index (χ1v) is 8.51. The van der Waals surface area contributed by atoms with Gasteiger partial charge in [-0.25, -0.2) is 4.79 Å². The average molecular weight is 370 g/mol. The Morgan fingerprint density at radius 3 is 2.22 bits per heavy atom. The van der Waals surface area contributed by atoms with Crippen LogP contribution in [0.2, 0.25) is 0 Å². The van der Waals surface area contributed by atoms with E-state index in [4.69, 9.17) is 9.47 Å². The van der Waals surface area contributed by atoms with Gasteiger partial charge in [-0.2, -0.15) is 0 Å². The predicted molar refractivity (Wildman–Crippen MR) is 101 cm³/mol. The smallest absolute Gasteiger partial charge is 0.338 e. The molecule has 0 atom stereocenters. The van der Waals surface area contributed by atoms with Gasteiger partial charge in [0, 0.05) is 30.5 Å². The molecule has 0 fully saturated rings. The Hall–Kier alpha value is -3.19. The number of nitrogens with one attached hydrogen (secondary N) is 2. The van der Waals surface area contributed by atoms with Crippen LogP contribution in [0.1, 0.15) is 38.0 Å². The number of anilines is 1. The monoisotopic (exact) mass is 370 g/mol. The maximum Gasteiger partial charge on any atom is 0.338 e. The molecule has 0 unspecified atom stereocenters. The Morgan fingerprint density at radius 1 is 0.926 bits per heavy atom. The average Bonchev–Trinajstić information content (AvgIpc) is 2.69. The molecule has 2 rings (SSSR count). The summed E-state index contributed by atoms with van der Waals surface area (Å²) in [5, 5.41) is 5.44. The number of methoxy groups -OCH3 is 1. The number of esters is 1. The van der Waals surface area contributed by atoms with Crippen molar-refractivity contribution in [1.29, 1.82) is 0 Å². The van der Waals surface area contributed by atoms with Gasteiger partial charge in [-0.05, 0) is 49.4 Å². The van der Waals surface area contributed by atoms with Crippen LogP contribution in [-0.4, -0.2) is 44.7 Å². The highest BCUT2D eigenvalue weighted by molar-refractivity contribution is 6.06. The minimum absolute atomic E-state index is 0.277. The van der Waals surface area contributed by atoms with Crippen molar-refractivity contribution in [2.45, 2.75) is 6.92 Å². The molecule has 0 aliphatic rings. The van der Waals surface area contributed by atoms with Gasteiger partial charge in [-0.1, -0.05) is 6.07 Å². The fourth-order valence-electron chi connectivity index (χ4n) is 2.28. The molecule has 27 heavy (non-hydrogen) atoms. The summed E-state index contributed by atoms with van der Waals surface area (Å²) in [5.74, 6) is -1.05. The molecule has 0 bridgehead atoms. The number of carbonyl (C=O) groups excluding carboxylic acids is 3. The summed E-state index contributed by atoms with van der Waals surface area (Å²) in [7, 11) is 1.55. The standard InChI is InChI=1S/C20H22N2O5/c1-3-27-20(25)14-7-9-17(10-8-14)22-19(24)16-6-4-5-15(13-16)18(23)21-11-12-26-2/h4-10,13H,3,11-12H2,1-2H3,(H,21,23)(H,22,24). The van der Waals surface area contributed by atoms with Crippen LogP contribution in [0.3, 0.4) is 0 Å². The van der Waals surface area contributed by atoms with Crippen molar-refractivity contribution in [1.82, 2.24) is 5.32 Å². The van der Waals surface area contributed by atoms with Crippen LogP contribution in [-0.2, 0) is 9.47 Å². The SMILES string of the molecule is CCOC(=O)c1ccc(NC(=O)c2cccc(C(=O)NCCOC)c2)cc1. The van der Waals surface area contributed by atoms with Gasteiger partial charge in [0.25, 0.3) is 11.8 Å². The van der Waals surface area contributed by atoms with E-state index in [9.17, 15) is 14.4 Å². The minimum Gasteiger partial charge on any atom is -0.462 e. The molecule has 0 saturated carbocycles. The van der Waals surface area contributed by atoms with Gasteiger partial charge >= 0.3 is 5.97 Å². The zero-order valence-corrected chi connectivity index (χ0v) is 15.3. The molecule has 0 saturated heterocycles. The summed E-state index contributed by atoms with van der Waals surface area (Å²) in [4.78, 5) is 36.1. The lowest BCUT2D eigenvalue weighted by molar-refractivity contribution is 0.0526. The topological polar surface area (TPSA) is 93.7 Å². The predicted octanol–water partition coefficient (Wildman–Crippen LogP) is 2.49. The van der Waals surface area contributed by atoms with Crippen LogP contribution >= 0.6 is 0 Å². The quantitative estimate of drug-likeness (QED) is 0.550. The van der Waals surface area contributed by atoms with Crippen molar-refractivity contribution in [3.05, 3.63) is 65.2 Å². The molecule has 0 aromatic heterocycles. The van der Waals surface area contributed by atoms with Gasteiger partial charge in [-0.3, -0.25) is 9.59 Å². The van der Waals surface area contributed by atoms with Crippen molar-refractivity contribution in [2.24, 2.45) is 0 Å². The van der Waals surface area contributed by atoms with Crippen LogP contribution < -0.4 is 10.6 Å². The van der Waals surface area contributed by atoms with E-state index in [-0.39, 0.29) is 11.8 Å². The Morgan fingerprint density at radius 2 is 1.59 bits per heavy atom. The maximum atomic E-state index is 12.4. The largest absolute Gasteiger partial charge is 0.462 e. The number of hydrogen-bond acceptors (Lipinski definition) is 5.